The molecule has 0 aliphatic carbocycles. The number of para-hydroxylation sites is 2. The van der Waals surface area contributed by atoms with Crippen LogP contribution in [0.5, 0.6) is 0 Å². The van der Waals surface area contributed by atoms with Crippen molar-refractivity contribution in [2.75, 3.05) is 10.6 Å². The largest absolute Gasteiger partial charge is 0.322 e. The van der Waals surface area contributed by atoms with Crippen LogP contribution in [0.2, 0.25) is 0 Å². The van der Waals surface area contributed by atoms with Crippen LogP contribution in [-0.2, 0) is 0 Å². The maximum atomic E-state index is 12.5. The van der Waals surface area contributed by atoms with Gasteiger partial charge in [0.2, 0.25) is 0 Å². The maximum Gasteiger partial charge on any atom is 0.270 e. The third-order valence-electron chi connectivity index (χ3n) is 3.77. The van der Waals surface area contributed by atoms with Crippen LogP contribution >= 0.6 is 0 Å². The summed E-state index contributed by atoms with van der Waals surface area (Å²) in [6.45, 7) is 0. The van der Waals surface area contributed by atoms with Crippen LogP contribution in [0.3, 0.4) is 0 Å². The van der Waals surface area contributed by atoms with Gasteiger partial charge in [0.05, 0.1) is 16.2 Å². The lowest BCUT2D eigenvalue weighted by atomic mass is 10.1. The molecule has 2 amide bonds. The average molecular weight is 361 g/mol. The Kier molecular flexibility index (Phi) is 5.22. The number of benzene rings is 3. The number of nitro benzene ring substituents is 1. The summed E-state index contributed by atoms with van der Waals surface area (Å²) >= 11 is 0. The summed E-state index contributed by atoms with van der Waals surface area (Å²) in [4.78, 5) is 35.3. The number of non-ortho nitro benzene ring substituents is 1. The van der Waals surface area contributed by atoms with Gasteiger partial charge in [-0.25, -0.2) is 0 Å². The zero-order valence-electron chi connectivity index (χ0n) is 14.1. The first kappa shape index (κ1) is 17.8. The van der Waals surface area contributed by atoms with Crippen molar-refractivity contribution in [3.63, 3.8) is 0 Å². The minimum atomic E-state index is -0.571. The van der Waals surface area contributed by atoms with Gasteiger partial charge in [0.25, 0.3) is 17.5 Å². The monoisotopic (exact) mass is 361 g/mol. The molecule has 0 radical (unpaired) electrons. The zero-order chi connectivity index (χ0) is 19.2. The second-order valence-electron chi connectivity index (χ2n) is 5.63. The van der Waals surface area contributed by atoms with Crippen molar-refractivity contribution in [1.29, 1.82) is 0 Å². The molecule has 3 aromatic rings. The number of amides is 2. The second kappa shape index (κ2) is 7.92. The SMILES string of the molecule is O=C(Nc1ccccc1C(=O)Nc1ccccc1)c1cccc([N+](=O)[O-])c1. The van der Waals surface area contributed by atoms with E-state index in [2.05, 4.69) is 10.6 Å². The van der Waals surface area contributed by atoms with Gasteiger partial charge in [-0.2, -0.15) is 0 Å². The molecule has 27 heavy (non-hydrogen) atoms. The molecule has 0 heterocycles. The summed E-state index contributed by atoms with van der Waals surface area (Å²) in [5, 5.41) is 16.3. The van der Waals surface area contributed by atoms with Crippen molar-refractivity contribution in [1.82, 2.24) is 0 Å². The number of nitro groups is 1. The molecule has 134 valence electrons. The van der Waals surface area contributed by atoms with Crippen LogP contribution < -0.4 is 10.6 Å². The van der Waals surface area contributed by atoms with Gasteiger partial charge in [0.15, 0.2) is 0 Å². The van der Waals surface area contributed by atoms with E-state index in [-0.39, 0.29) is 22.7 Å². The molecule has 7 nitrogen and oxygen atoms in total. The van der Waals surface area contributed by atoms with Gasteiger partial charge in [-0.15, -0.1) is 0 Å². The third-order valence-corrected chi connectivity index (χ3v) is 3.77. The minimum absolute atomic E-state index is 0.127. The highest BCUT2D eigenvalue weighted by Crippen LogP contribution is 2.20. The van der Waals surface area contributed by atoms with Crippen molar-refractivity contribution >= 4 is 28.9 Å². The Labute approximate surface area is 154 Å². The van der Waals surface area contributed by atoms with Gasteiger partial charge >= 0.3 is 0 Å². The van der Waals surface area contributed by atoms with Crippen LogP contribution in [0.25, 0.3) is 0 Å². The molecule has 0 saturated carbocycles. The predicted molar refractivity (Wildman–Crippen MR) is 102 cm³/mol. The maximum absolute atomic E-state index is 12.5. The Morgan fingerprint density at radius 2 is 1.48 bits per heavy atom. The second-order valence-corrected chi connectivity index (χ2v) is 5.63. The van der Waals surface area contributed by atoms with E-state index in [4.69, 9.17) is 0 Å². The highest BCUT2D eigenvalue weighted by molar-refractivity contribution is 6.12. The number of anilines is 2. The van der Waals surface area contributed by atoms with E-state index < -0.39 is 10.8 Å². The molecule has 0 fully saturated rings. The summed E-state index contributed by atoms with van der Waals surface area (Å²) in [6.07, 6.45) is 0. The lowest BCUT2D eigenvalue weighted by Gasteiger charge is -2.11. The average Bonchev–Trinajstić information content (AvgIpc) is 2.69. The first-order chi connectivity index (χ1) is 13.0. The van der Waals surface area contributed by atoms with Crippen LogP contribution in [-0.4, -0.2) is 16.7 Å². The lowest BCUT2D eigenvalue weighted by molar-refractivity contribution is -0.384. The van der Waals surface area contributed by atoms with Crippen molar-refractivity contribution < 1.29 is 14.5 Å². The molecule has 7 heteroatoms. The summed E-state index contributed by atoms with van der Waals surface area (Å²) in [7, 11) is 0. The van der Waals surface area contributed by atoms with Crippen molar-refractivity contribution in [3.8, 4) is 0 Å². The Bertz CT molecular complexity index is 1000. The fourth-order valence-electron chi connectivity index (χ4n) is 2.47. The standard InChI is InChI=1S/C20H15N3O4/c24-19(14-7-6-10-16(13-14)23(26)27)22-18-12-5-4-11-17(18)20(25)21-15-8-2-1-3-9-15/h1-13H,(H,21,25)(H,22,24). The molecule has 3 aromatic carbocycles. The van der Waals surface area contributed by atoms with E-state index in [0.29, 0.717) is 11.4 Å². The van der Waals surface area contributed by atoms with Gasteiger partial charge in [0.1, 0.15) is 0 Å². The van der Waals surface area contributed by atoms with Crippen LogP contribution in [0, 0.1) is 10.1 Å². The number of hydrogen-bond donors (Lipinski definition) is 2. The van der Waals surface area contributed by atoms with Gasteiger partial charge in [0, 0.05) is 23.4 Å². The van der Waals surface area contributed by atoms with Gasteiger partial charge in [-0.05, 0) is 30.3 Å². The molecule has 0 bridgehead atoms. The molecule has 0 aromatic heterocycles. The molecular weight excluding hydrogens is 346 g/mol. The number of rotatable bonds is 5. The number of nitrogens with zero attached hydrogens (tertiary/aromatic N) is 1. The van der Waals surface area contributed by atoms with Crippen LogP contribution in [0.1, 0.15) is 20.7 Å². The Hall–Kier alpha value is -4.00. The topological polar surface area (TPSA) is 101 Å². The Balaban J connectivity index is 1.81. The fourth-order valence-corrected chi connectivity index (χ4v) is 2.47. The number of nitrogens with one attached hydrogen (secondary N) is 2. The Morgan fingerprint density at radius 3 is 2.22 bits per heavy atom. The van der Waals surface area contributed by atoms with E-state index in [1.807, 2.05) is 6.07 Å². The summed E-state index contributed by atoms with van der Waals surface area (Å²) in [6, 6.07) is 20.9. The number of carbonyl (C=O) groups excluding carboxylic acids is 2. The minimum Gasteiger partial charge on any atom is -0.322 e. The van der Waals surface area contributed by atoms with Gasteiger partial charge in [-0.1, -0.05) is 36.4 Å². The summed E-state index contributed by atoms with van der Waals surface area (Å²) in [5.41, 5.74) is 1.16. The molecule has 3 rings (SSSR count). The zero-order valence-corrected chi connectivity index (χ0v) is 14.1. The van der Waals surface area contributed by atoms with Crippen molar-refractivity contribution in [2.24, 2.45) is 0 Å². The highest BCUT2D eigenvalue weighted by atomic mass is 16.6. The molecule has 0 unspecified atom stereocenters. The first-order valence-corrected chi connectivity index (χ1v) is 8.06. The molecule has 0 atom stereocenters. The normalized spacial score (nSPS) is 10.1. The first-order valence-electron chi connectivity index (χ1n) is 8.06. The van der Waals surface area contributed by atoms with Gasteiger partial charge in [-0.3, -0.25) is 19.7 Å². The van der Waals surface area contributed by atoms with E-state index >= 15 is 0 Å². The van der Waals surface area contributed by atoms with Crippen molar-refractivity contribution in [2.45, 2.75) is 0 Å². The number of carbonyl (C=O) groups is 2. The third kappa shape index (κ3) is 4.35. The van der Waals surface area contributed by atoms with E-state index in [0.717, 1.165) is 0 Å². The highest BCUT2D eigenvalue weighted by Gasteiger charge is 2.16. The lowest BCUT2D eigenvalue weighted by Crippen LogP contribution is -2.18. The number of hydrogen-bond acceptors (Lipinski definition) is 4. The summed E-state index contributed by atoms with van der Waals surface area (Å²) in [5.74, 6) is -0.921. The quantitative estimate of drug-likeness (QED) is 0.527. The fraction of sp³-hybridized carbons (Fsp3) is 0. The van der Waals surface area contributed by atoms with Crippen LogP contribution in [0.15, 0.2) is 78.9 Å². The molecule has 0 aliphatic heterocycles. The van der Waals surface area contributed by atoms with E-state index in [1.54, 1.807) is 48.5 Å². The van der Waals surface area contributed by atoms with E-state index in [1.165, 1.54) is 24.3 Å². The Morgan fingerprint density at radius 1 is 0.778 bits per heavy atom. The molecule has 2 N–H and O–H groups in total. The predicted octanol–water partition coefficient (Wildman–Crippen LogP) is 4.10. The molecule has 0 saturated heterocycles. The summed E-state index contributed by atoms with van der Waals surface area (Å²) < 4.78 is 0. The molecular formula is C20H15N3O4. The molecule has 0 spiro atoms. The van der Waals surface area contributed by atoms with Crippen LogP contribution in [0.4, 0.5) is 17.1 Å². The van der Waals surface area contributed by atoms with Gasteiger partial charge < -0.3 is 10.6 Å². The molecule has 0 aliphatic rings. The van der Waals surface area contributed by atoms with E-state index in [9.17, 15) is 19.7 Å². The smallest absolute Gasteiger partial charge is 0.270 e. The van der Waals surface area contributed by atoms with Crippen molar-refractivity contribution in [3.05, 3.63) is 100 Å².